The number of likely N-dealkylation sites (tertiary alicyclic amines) is 1. The Morgan fingerprint density at radius 1 is 0.950 bits per heavy atom. The van der Waals surface area contributed by atoms with E-state index in [-0.39, 0.29) is 17.7 Å². The first-order valence-electron chi connectivity index (χ1n) is 13.4. The number of amides is 2. The minimum Gasteiger partial charge on any atom is -0.338 e. The molecule has 1 fully saturated rings. The van der Waals surface area contributed by atoms with Gasteiger partial charge in [-0.15, -0.1) is 0 Å². The first-order valence-corrected chi connectivity index (χ1v) is 13.4. The molecule has 6 rings (SSSR count). The number of aryl methyl sites for hydroxylation is 3. The van der Waals surface area contributed by atoms with Gasteiger partial charge in [-0.1, -0.05) is 0 Å². The molecule has 5 heterocycles. The number of carbonyl (C=O) groups is 2. The van der Waals surface area contributed by atoms with Crippen molar-refractivity contribution < 1.29 is 9.59 Å². The fourth-order valence-electron chi connectivity index (χ4n) is 5.31. The van der Waals surface area contributed by atoms with Gasteiger partial charge in [0.1, 0.15) is 0 Å². The highest BCUT2D eigenvalue weighted by atomic mass is 16.2. The summed E-state index contributed by atoms with van der Waals surface area (Å²) in [7, 11) is 0. The maximum Gasteiger partial charge on any atom is 0.257 e. The molecule has 5 aromatic rings. The summed E-state index contributed by atoms with van der Waals surface area (Å²) in [6, 6.07) is 13.2. The molecule has 1 aliphatic rings. The van der Waals surface area contributed by atoms with E-state index in [2.05, 4.69) is 20.4 Å². The fourth-order valence-corrected chi connectivity index (χ4v) is 5.31. The highest BCUT2D eigenvalue weighted by Gasteiger charge is 2.29. The van der Waals surface area contributed by atoms with Gasteiger partial charge < -0.3 is 14.8 Å². The van der Waals surface area contributed by atoms with Crippen LogP contribution in [0.5, 0.6) is 0 Å². The molecule has 202 valence electrons. The Morgan fingerprint density at radius 2 is 1.73 bits per heavy atom. The average Bonchev–Trinajstić information content (AvgIpc) is 3.63. The molecule has 0 atom stereocenters. The smallest absolute Gasteiger partial charge is 0.257 e. The lowest BCUT2D eigenvalue weighted by Crippen LogP contribution is -2.39. The number of nitrogens with zero attached hydrogens (tertiary/aromatic N) is 7. The number of benzene rings is 1. The number of imidazole rings is 1. The van der Waals surface area contributed by atoms with Gasteiger partial charge in [-0.25, -0.2) is 14.5 Å². The van der Waals surface area contributed by atoms with Gasteiger partial charge in [0, 0.05) is 60.7 Å². The highest BCUT2D eigenvalue weighted by molar-refractivity contribution is 6.05. The van der Waals surface area contributed by atoms with E-state index in [1.807, 2.05) is 78.9 Å². The number of aromatic nitrogens is 6. The van der Waals surface area contributed by atoms with Crippen LogP contribution in [0, 0.1) is 20.8 Å². The van der Waals surface area contributed by atoms with Gasteiger partial charge in [0.05, 0.1) is 34.5 Å². The SMILES string of the molecule is Cc1ccc(C(=O)Nc2ccc(-n3ccnc3)cc2)c(C2CCN(C(=O)c3cnc4cc(C)nn4c3C)CC2)n1. The molecule has 1 N–H and O–H groups in total. The second-order valence-electron chi connectivity index (χ2n) is 10.2. The zero-order chi connectivity index (χ0) is 27.8. The van der Waals surface area contributed by atoms with E-state index in [1.165, 1.54) is 0 Å². The number of carbonyl (C=O) groups excluding carboxylic acids is 2. The summed E-state index contributed by atoms with van der Waals surface area (Å²) in [6.07, 6.45) is 8.41. The molecule has 4 aromatic heterocycles. The van der Waals surface area contributed by atoms with Crippen LogP contribution < -0.4 is 5.32 Å². The van der Waals surface area contributed by atoms with Crippen molar-refractivity contribution in [2.45, 2.75) is 39.5 Å². The minimum absolute atomic E-state index is 0.0483. The zero-order valence-electron chi connectivity index (χ0n) is 22.7. The third-order valence-electron chi connectivity index (χ3n) is 7.48. The van der Waals surface area contributed by atoms with Gasteiger partial charge in [-0.3, -0.25) is 14.6 Å². The third-order valence-corrected chi connectivity index (χ3v) is 7.48. The molecule has 0 spiro atoms. The van der Waals surface area contributed by atoms with Crippen molar-refractivity contribution in [3.8, 4) is 5.69 Å². The van der Waals surface area contributed by atoms with E-state index < -0.39 is 0 Å². The zero-order valence-corrected chi connectivity index (χ0v) is 22.7. The van der Waals surface area contributed by atoms with Gasteiger partial charge in [-0.2, -0.15) is 5.10 Å². The molecule has 0 saturated carbocycles. The average molecular weight is 535 g/mol. The van der Waals surface area contributed by atoms with E-state index in [4.69, 9.17) is 4.98 Å². The van der Waals surface area contributed by atoms with Crippen LogP contribution in [-0.4, -0.2) is 58.9 Å². The fraction of sp³-hybridized carbons (Fsp3) is 0.267. The van der Waals surface area contributed by atoms with Crippen molar-refractivity contribution in [3.05, 3.63) is 101 Å². The van der Waals surface area contributed by atoms with E-state index in [0.29, 0.717) is 29.9 Å². The standard InChI is InChI=1S/C30H30N8O2/c1-19-4-9-25(29(39)34-23-5-7-24(8-6-23)37-15-12-31-18-37)28(33-19)22-10-13-36(14-11-22)30(40)26-17-32-27-16-20(2)35-38(27)21(26)3/h4-9,12,15-18,22H,10-11,13-14H2,1-3H3,(H,34,39). The molecule has 10 heteroatoms. The van der Waals surface area contributed by atoms with Crippen molar-refractivity contribution in [3.63, 3.8) is 0 Å². The molecule has 1 aromatic carbocycles. The van der Waals surface area contributed by atoms with Crippen LogP contribution in [-0.2, 0) is 0 Å². The Bertz CT molecular complexity index is 1700. The summed E-state index contributed by atoms with van der Waals surface area (Å²) >= 11 is 0. The summed E-state index contributed by atoms with van der Waals surface area (Å²) in [6.45, 7) is 6.89. The Kier molecular flexibility index (Phi) is 6.59. The van der Waals surface area contributed by atoms with Crippen molar-refractivity contribution in [1.29, 1.82) is 0 Å². The number of rotatable bonds is 5. The summed E-state index contributed by atoms with van der Waals surface area (Å²) in [5.41, 5.74) is 6.80. The molecular formula is C30H30N8O2. The minimum atomic E-state index is -0.194. The van der Waals surface area contributed by atoms with Crippen LogP contribution in [0.3, 0.4) is 0 Å². The number of nitrogens with one attached hydrogen (secondary N) is 1. The van der Waals surface area contributed by atoms with Gasteiger partial charge in [-0.05, 0) is 70.0 Å². The highest BCUT2D eigenvalue weighted by Crippen LogP contribution is 2.31. The van der Waals surface area contributed by atoms with E-state index in [1.54, 1.807) is 23.2 Å². The number of hydrogen-bond donors (Lipinski definition) is 1. The maximum atomic E-state index is 13.4. The molecule has 2 amide bonds. The summed E-state index contributed by atoms with van der Waals surface area (Å²) in [5.74, 6) is -0.169. The van der Waals surface area contributed by atoms with Crippen LogP contribution in [0.4, 0.5) is 5.69 Å². The van der Waals surface area contributed by atoms with Crippen LogP contribution in [0.2, 0.25) is 0 Å². The van der Waals surface area contributed by atoms with Crippen molar-refractivity contribution in [1.82, 2.24) is 34.0 Å². The quantitative estimate of drug-likeness (QED) is 0.355. The summed E-state index contributed by atoms with van der Waals surface area (Å²) in [5, 5.41) is 7.48. The predicted molar refractivity (Wildman–Crippen MR) is 151 cm³/mol. The van der Waals surface area contributed by atoms with Crippen LogP contribution in [0.25, 0.3) is 11.3 Å². The lowest BCUT2D eigenvalue weighted by Gasteiger charge is -2.32. The Morgan fingerprint density at radius 3 is 2.45 bits per heavy atom. The van der Waals surface area contributed by atoms with Gasteiger partial charge in [0.2, 0.25) is 0 Å². The molecule has 0 radical (unpaired) electrons. The molecule has 0 unspecified atom stereocenters. The van der Waals surface area contributed by atoms with Gasteiger partial charge in [0.15, 0.2) is 5.65 Å². The number of piperidine rings is 1. The second-order valence-corrected chi connectivity index (χ2v) is 10.2. The topological polar surface area (TPSA) is 110 Å². The van der Waals surface area contributed by atoms with Crippen molar-refractivity contribution >= 4 is 23.1 Å². The maximum absolute atomic E-state index is 13.4. The molecule has 1 aliphatic heterocycles. The van der Waals surface area contributed by atoms with Crippen molar-refractivity contribution in [2.24, 2.45) is 0 Å². The molecule has 0 bridgehead atoms. The largest absolute Gasteiger partial charge is 0.338 e. The third kappa shape index (κ3) is 4.84. The van der Waals surface area contributed by atoms with E-state index in [0.717, 1.165) is 47.0 Å². The first kappa shape index (κ1) is 25.4. The van der Waals surface area contributed by atoms with E-state index >= 15 is 0 Å². The second kappa shape index (κ2) is 10.4. The lowest BCUT2D eigenvalue weighted by molar-refractivity contribution is 0.0709. The normalized spacial score (nSPS) is 14.0. The number of anilines is 1. The molecular weight excluding hydrogens is 504 g/mol. The van der Waals surface area contributed by atoms with Gasteiger partial charge >= 0.3 is 0 Å². The first-order chi connectivity index (χ1) is 19.4. The van der Waals surface area contributed by atoms with Crippen LogP contribution >= 0.6 is 0 Å². The Labute approximate surface area is 231 Å². The van der Waals surface area contributed by atoms with Crippen molar-refractivity contribution in [2.75, 3.05) is 18.4 Å². The Hall–Kier alpha value is -4.86. The molecule has 10 nitrogen and oxygen atoms in total. The van der Waals surface area contributed by atoms with Crippen LogP contribution in [0.15, 0.2) is 67.4 Å². The molecule has 1 saturated heterocycles. The predicted octanol–water partition coefficient (Wildman–Crippen LogP) is 4.51. The van der Waals surface area contributed by atoms with E-state index in [9.17, 15) is 9.59 Å². The summed E-state index contributed by atoms with van der Waals surface area (Å²) in [4.78, 5) is 41.9. The number of fused-ring (bicyclic) bond motifs is 1. The summed E-state index contributed by atoms with van der Waals surface area (Å²) < 4.78 is 3.63. The number of hydrogen-bond acceptors (Lipinski definition) is 6. The number of pyridine rings is 1. The molecule has 40 heavy (non-hydrogen) atoms. The lowest BCUT2D eigenvalue weighted by atomic mass is 9.89. The Balaban J connectivity index is 1.16. The molecule has 0 aliphatic carbocycles. The van der Waals surface area contributed by atoms with Gasteiger partial charge in [0.25, 0.3) is 11.8 Å². The monoisotopic (exact) mass is 534 g/mol. The van der Waals surface area contributed by atoms with Crippen LogP contribution in [0.1, 0.15) is 62.3 Å².